The number of imide groups is 2. The molecule has 0 aromatic heterocycles. The summed E-state index contributed by atoms with van der Waals surface area (Å²) in [5, 5.41) is 2.60. The van der Waals surface area contributed by atoms with Crippen molar-refractivity contribution in [1.82, 2.24) is 5.32 Å². The van der Waals surface area contributed by atoms with Crippen molar-refractivity contribution in [3.05, 3.63) is 106 Å². The Morgan fingerprint density at radius 2 is 1.82 bits per heavy atom. The third-order valence-corrected chi connectivity index (χ3v) is 6.42. The standard InChI is InChI=1S/C30H26ClFN2O5/c1-4-7-21-14-20(16-26(38-5-2)27(21)39-17-19-10-12-22(32)13-11-19)15-23-28(35)33-30(37)34(29(23)36)25-9-6-8-24(31)18(25)3/h4,6,8-16H,1,5,7,17H2,2-3H3,(H,33,35,37)/b23-15+. The van der Waals surface area contributed by atoms with Crippen LogP contribution in [0.15, 0.2) is 72.8 Å². The molecule has 1 aliphatic rings. The van der Waals surface area contributed by atoms with Crippen molar-refractivity contribution >= 4 is 41.2 Å². The van der Waals surface area contributed by atoms with Crippen molar-refractivity contribution in [3.63, 3.8) is 0 Å². The van der Waals surface area contributed by atoms with E-state index in [1.165, 1.54) is 18.2 Å². The largest absolute Gasteiger partial charge is 0.490 e. The highest BCUT2D eigenvalue weighted by molar-refractivity contribution is 6.40. The summed E-state index contributed by atoms with van der Waals surface area (Å²) >= 11 is 6.20. The first kappa shape index (κ1) is 27.6. The molecule has 4 rings (SSSR count). The Bertz CT molecular complexity index is 1480. The second-order valence-electron chi connectivity index (χ2n) is 8.69. The van der Waals surface area contributed by atoms with Gasteiger partial charge in [-0.2, -0.15) is 0 Å². The lowest BCUT2D eigenvalue weighted by molar-refractivity contribution is -0.122. The van der Waals surface area contributed by atoms with Crippen LogP contribution in [0, 0.1) is 12.7 Å². The van der Waals surface area contributed by atoms with Gasteiger partial charge in [0.1, 0.15) is 18.0 Å². The van der Waals surface area contributed by atoms with E-state index < -0.39 is 17.8 Å². The Balaban J connectivity index is 1.73. The first-order chi connectivity index (χ1) is 18.7. The summed E-state index contributed by atoms with van der Waals surface area (Å²) in [7, 11) is 0. The maximum atomic E-state index is 13.4. The molecule has 39 heavy (non-hydrogen) atoms. The molecule has 1 saturated heterocycles. The van der Waals surface area contributed by atoms with Crippen LogP contribution in [-0.4, -0.2) is 24.5 Å². The molecule has 1 heterocycles. The number of ether oxygens (including phenoxy) is 2. The Hall–Kier alpha value is -4.43. The molecule has 9 heteroatoms. The molecule has 0 spiro atoms. The molecule has 0 saturated carbocycles. The van der Waals surface area contributed by atoms with E-state index in [0.29, 0.717) is 46.2 Å². The smallest absolute Gasteiger partial charge is 0.335 e. The van der Waals surface area contributed by atoms with E-state index in [1.807, 2.05) is 6.92 Å². The van der Waals surface area contributed by atoms with Crippen molar-refractivity contribution in [2.45, 2.75) is 26.9 Å². The van der Waals surface area contributed by atoms with Gasteiger partial charge in [0.05, 0.1) is 12.3 Å². The van der Waals surface area contributed by atoms with E-state index in [1.54, 1.807) is 55.5 Å². The fourth-order valence-electron chi connectivity index (χ4n) is 4.12. The summed E-state index contributed by atoms with van der Waals surface area (Å²) in [4.78, 5) is 39.7. The predicted molar refractivity (Wildman–Crippen MR) is 147 cm³/mol. The number of nitrogens with zero attached hydrogens (tertiary/aromatic N) is 1. The molecule has 0 atom stereocenters. The fourth-order valence-corrected chi connectivity index (χ4v) is 4.29. The van der Waals surface area contributed by atoms with E-state index in [9.17, 15) is 18.8 Å². The molecule has 0 bridgehead atoms. The Kier molecular flexibility index (Phi) is 8.46. The minimum Gasteiger partial charge on any atom is -0.490 e. The molecule has 7 nitrogen and oxygen atoms in total. The zero-order valence-electron chi connectivity index (χ0n) is 21.4. The highest BCUT2D eigenvalue weighted by Crippen LogP contribution is 2.36. The van der Waals surface area contributed by atoms with Gasteiger partial charge in [-0.15, -0.1) is 6.58 Å². The summed E-state index contributed by atoms with van der Waals surface area (Å²) in [6.45, 7) is 7.80. The summed E-state index contributed by atoms with van der Waals surface area (Å²) in [5.74, 6) is -1.08. The van der Waals surface area contributed by atoms with Gasteiger partial charge in [-0.05, 0) is 79.4 Å². The van der Waals surface area contributed by atoms with Gasteiger partial charge in [0.25, 0.3) is 11.8 Å². The molecular formula is C30H26ClFN2O5. The number of urea groups is 1. The number of rotatable bonds is 9. The fraction of sp³-hybridized carbons (Fsp3) is 0.167. The monoisotopic (exact) mass is 548 g/mol. The lowest BCUT2D eigenvalue weighted by atomic mass is 10.0. The average molecular weight is 549 g/mol. The van der Waals surface area contributed by atoms with Gasteiger partial charge in [0, 0.05) is 10.6 Å². The van der Waals surface area contributed by atoms with Crippen molar-refractivity contribution in [3.8, 4) is 11.5 Å². The Morgan fingerprint density at radius 1 is 1.08 bits per heavy atom. The van der Waals surface area contributed by atoms with E-state index in [0.717, 1.165) is 10.5 Å². The van der Waals surface area contributed by atoms with E-state index >= 15 is 0 Å². The Morgan fingerprint density at radius 3 is 2.51 bits per heavy atom. The third-order valence-electron chi connectivity index (χ3n) is 6.01. The first-order valence-electron chi connectivity index (χ1n) is 12.2. The molecule has 200 valence electrons. The van der Waals surface area contributed by atoms with Crippen LogP contribution in [0.1, 0.15) is 29.2 Å². The number of allylic oxidation sites excluding steroid dienone is 1. The van der Waals surface area contributed by atoms with Crippen LogP contribution in [0.3, 0.4) is 0 Å². The second-order valence-corrected chi connectivity index (χ2v) is 9.10. The van der Waals surface area contributed by atoms with Crippen LogP contribution >= 0.6 is 11.6 Å². The zero-order valence-corrected chi connectivity index (χ0v) is 22.2. The molecule has 0 aliphatic carbocycles. The molecule has 1 N–H and O–H groups in total. The molecule has 3 aromatic carbocycles. The molecule has 0 radical (unpaired) electrons. The van der Waals surface area contributed by atoms with Crippen LogP contribution in [0.25, 0.3) is 6.08 Å². The average Bonchev–Trinajstić information content (AvgIpc) is 2.90. The van der Waals surface area contributed by atoms with Crippen LogP contribution in [0.2, 0.25) is 5.02 Å². The van der Waals surface area contributed by atoms with Gasteiger partial charge in [0.2, 0.25) is 0 Å². The number of halogens is 2. The topological polar surface area (TPSA) is 84.9 Å². The maximum Gasteiger partial charge on any atom is 0.335 e. The highest BCUT2D eigenvalue weighted by atomic mass is 35.5. The minimum absolute atomic E-state index is 0.169. The summed E-state index contributed by atoms with van der Waals surface area (Å²) in [6, 6.07) is 13.3. The van der Waals surface area contributed by atoms with E-state index in [4.69, 9.17) is 21.1 Å². The van der Waals surface area contributed by atoms with Crippen molar-refractivity contribution in [2.24, 2.45) is 0 Å². The van der Waals surface area contributed by atoms with Crippen molar-refractivity contribution in [2.75, 3.05) is 11.5 Å². The van der Waals surface area contributed by atoms with Gasteiger partial charge in [0.15, 0.2) is 11.5 Å². The second kappa shape index (κ2) is 12.0. The highest BCUT2D eigenvalue weighted by Gasteiger charge is 2.37. The van der Waals surface area contributed by atoms with Crippen LogP contribution in [0.5, 0.6) is 11.5 Å². The van der Waals surface area contributed by atoms with Gasteiger partial charge < -0.3 is 9.47 Å². The van der Waals surface area contributed by atoms with Gasteiger partial charge in [-0.3, -0.25) is 14.9 Å². The van der Waals surface area contributed by atoms with Crippen LogP contribution in [0.4, 0.5) is 14.9 Å². The van der Waals surface area contributed by atoms with E-state index in [2.05, 4.69) is 11.9 Å². The SMILES string of the molecule is C=CCc1cc(/C=C2\C(=O)NC(=O)N(c3cccc(Cl)c3C)C2=O)cc(OCC)c1OCc1ccc(F)cc1. The summed E-state index contributed by atoms with van der Waals surface area (Å²) in [5.41, 5.74) is 2.51. The molecular weight excluding hydrogens is 523 g/mol. The summed E-state index contributed by atoms with van der Waals surface area (Å²) in [6.07, 6.45) is 3.49. The first-order valence-corrected chi connectivity index (χ1v) is 12.6. The number of anilines is 1. The quantitative estimate of drug-likeness (QED) is 0.197. The van der Waals surface area contributed by atoms with E-state index in [-0.39, 0.29) is 23.7 Å². The van der Waals surface area contributed by atoms with Crippen molar-refractivity contribution in [1.29, 1.82) is 0 Å². The lowest BCUT2D eigenvalue weighted by Gasteiger charge is -2.27. The number of barbiturate groups is 1. The zero-order chi connectivity index (χ0) is 28.1. The normalized spacial score (nSPS) is 14.4. The lowest BCUT2D eigenvalue weighted by Crippen LogP contribution is -2.54. The maximum absolute atomic E-state index is 13.4. The number of hydrogen-bond donors (Lipinski definition) is 1. The third kappa shape index (κ3) is 6.02. The molecule has 1 fully saturated rings. The van der Waals surface area contributed by atoms with Gasteiger partial charge >= 0.3 is 6.03 Å². The Labute approximate surface area is 230 Å². The summed E-state index contributed by atoms with van der Waals surface area (Å²) < 4.78 is 25.2. The number of carbonyl (C=O) groups is 3. The minimum atomic E-state index is -0.862. The number of carbonyl (C=O) groups excluding carboxylic acids is 3. The van der Waals surface area contributed by atoms with Gasteiger partial charge in [-0.25, -0.2) is 14.1 Å². The number of nitrogens with one attached hydrogen (secondary N) is 1. The molecule has 4 amide bonds. The number of amides is 4. The molecule has 1 aliphatic heterocycles. The van der Waals surface area contributed by atoms with Crippen LogP contribution < -0.4 is 19.7 Å². The number of benzene rings is 3. The number of hydrogen-bond acceptors (Lipinski definition) is 5. The van der Waals surface area contributed by atoms with Crippen molar-refractivity contribution < 1.29 is 28.2 Å². The molecule has 0 unspecified atom stereocenters. The molecule has 3 aromatic rings. The van der Waals surface area contributed by atoms with Crippen LogP contribution in [-0.2, 0) is 22.6 Å². The predicted octanol–water partition coefficient (Wildman–Crippen LogP) is 6.16. The van der Waals surface area contributed by atoms with Gasteiger partial charge in [-0.1, -0.05) is 35.9 Å².